The zero-order valence-corrected chi connectivity index (χ0v) is 11.3. The highest BCUT2D eigenvalue weighted by atomic mass is 16.2. The second-order valence-corrected chi connectivity index (χ2v) is 4.59. The lowest BCUT2D eigenvalue weighted by Gasteiger charge is -2.24. The van der Waals surface area contributed by atoms with Gasteiger partial charge in [0.1, 0.15) is 13.1 Å². The molecule has 5 heteroatoms. The Kier molecular flexibility index (Phi) is 4.30. The van der Waals surface area contributed by atoms with Crippen LogP contribution in [-0.2, 0) is 20.8 Å². The van der Waals surface area contributed by atoms with Gasteiger partial charge in [-0.3, -0.25) is 19.7 Å². The first kappa shape index (κ1) is 14.0. The Bertz CT molecular complexity index is 545. The van der Waals surface area contributed by atoms with E-state index >= 15 is 0 Å². The van der Waals surface area contributed by atoms with Gasteiger partial charge in [0, 0.05) is 6.08 Å². The SMILES string of the molecule is CCc1ccc(C=CC(=O)N2CC(=O)NC(=O)C2)cc1. The Morgan fingerprint density at radius 2 is 1.80 bits per heavy atom. The zero-order chi connectivity index (χ0) is 14.5. The van der Waals surface area contributed by atoms with Crippen molar-refractivity contribution in [2.45, 2.75) is 13.3 Å². The molecule has 1 aromatic carbocycles. The molecule has 0 aliphatic carbocycles. The molecule has 1 fully saturated rings. The van der Waals surface area contributed by atoms with Crippen molar-refractivity contribution in [3.63, 3.8) is 0 Å². The van der Waals surface area contributed by atoms with E-state index in [1.54, 1.807) is 6.08 Å². The summed E-state index contributed by atoms with van der Waals surface area (Å²) in [4.78, 5) is 35.5. The molecule has 0 bridgehead atoms. The molecule has 3 amide bonds. The lowest BCUT2D eigenvalue weighted by atomic mass is 10.1. The van der Waals surface area contributed by atoms with E-state index in [0.29, 0.717) is 0 Å². The van der Waals surface area contributed by atoms with Gasteiger partial charge in [-0.05, 0) is 23.6 Å². The largest absolute Gasteiger partial charge is 0.321 e. The number of imide groups is 1. The van der Waals surface area contributed by atoms with E-state index in [0.717, 1.165) is 12.0 Å². The molecule has 5 nitrogen and oxygen atoms in total. The Balaban J connectivity index is 2.00. The monoisotopic (exact) mass is 272 g/mol. The molecule has 1 N–H and O–H groups in total. The van der Waals surface area contributed by atoms with Crippen LogP contribution in [-0.4, -0.2) is 35.7 Å². The van der Waals surface area contributed by atoms with Crippen molar-refractivity contribution < 1.29 is 14.4 Å². The lowest BCUT2D eigenvalue weighted by Crippen LogP contribution is -2.52. The van der Waals surface area contributed by atoms with Crippen molar-refractivity contribution in [1.29, 1.82) is 0 Å². The minimum absolute atomic E-state index is 0.0797. The summed E-state index contributed by atoms with van der Waals surface area (Å²) in [6.07, 6.45) is 4.03. The average Bonchev–Trinajstić information content (AvgIpc) is 2.44. The summed E-state index contributed by atoms with van der Waals surface area (Å²) in [6.45, 7) is 1.92. The van der Waals surface area contributed by atoms with Gasteiger partial charge in [-0.25, -0.2) is 0 Å². The van der Waals surface area contributed by atoms with E-state index in [9.17, 15) is 14.4 Å². The summed E-state index contributed by atoms with van der Waals surface area (Å²) in [5.74, 6) is -1.24. The molecule has 0 aromatic heterocycles. The zero-order valence-electron chi connectivity index (χ0n) is 11.3. The third-order valence-electron chi connectivity index (χ3n) is 3.07. The number of nitrogens with one attached hydrogen (secondary N) is 1. The normalized spacial score (nSPS) is 15.6. The Morgan fingerprint density at radius 3 is 2.35 bits per heavy atom. The number of carbonyl (C=O) groups is 3. The van der Waals surface area contributed by atoms with Crippen LogP contribution in [0.1, 0.15) is 18.1 Å². The van der Waals surface area contributed by atoms with Crippen LogP contribution in [0.5, 0.6) is 0 Å². The van der Waals surface area contributed by atoms with Crippen molar-refractivity contribution >= 4 is 23.8 Å². The van der Waals surface area contributed by atoms with E-state index in [1.165, 1.54) is 16.5 Å². The fraction of sp³-hybridized carbons (Fsp3) is 0.267. The predicted octanol–water partition coefficient (Wildman–Crippen LogP) is 0.747. The summed E-state index contributed by atoms with van der Waals surface area (Å²) in [7, 11) is 0. The first-order valence-corrected chi connectivity index (χ1v) is 6.47. The summed E-state index contributed by atoms with van der Waals surface area (Å²) in [5.41, 5.74) is 2.13. The summed E-state index contributed by atoms with van der Waals surface area (Å²) in [5, 5.41) is 2.15. The highest BCUT2D eigenvalue weighted by molar-refractivity contribution is 6.04. The third kappa shape index (κ3) is 3.54. The first-order valence-electron chi connectivity index (χ1n) is 6.47. The van der Waals surface area contributed by atoms with Crippen molar-refractivity contribution in [2.24, 2.45) is 0 Å². The van der Waals surface area contributed by atoms with Gasteiger partial charge in [0.05, 0.1) is 0 Å². The molecule has 20 heavy (non-hydrogen) atoms. The second-order valence-electron chi connectivity index (χ2n) is 4.59. The van der Waals surface area contributed by atoms with Crippen LogP contribution in [0.3, 0.4) is 0 Å². The number of nitrogens with zero attached hydrogens (tertiary/aromatic N) is 1. The average molecular weight is 272 g/mol. The Morgan fingerprint density at radius 1 is 1.20 bits per heavy atom. The van der Waals surface area contributed by atoms with Gasteiger partial charge in [0.15, 0.2) is 0 Å². The topological polar surface area (TPSA) is 66.5 Å². The minimum atomic E-state index is -0.449. The lowest BCUT2D eigenvalue weighted by molar-refractivity contribution is -0.143. The van der Waals surface area contributed by atoms with Gasteiger partial charge in [0.25, 0.3) is 0 Å². The van der Waals surface area contributed by atoms with Crippen LogP contribution in [0.15, 0.2) is 30.3 Å². The number of piperazine rings is 1. The summed E-state index contributed by atoms with van der Waals surface area (Å²) in [6, 6.07) is 7.86. The highest BCUT2D eigenvalue weighted by Gasteiger charge is 2.24. The molecule has 1 saturated heterocycles. The quantitative estimate of drug-likeness (QED) is 0.652. The summed E-state index contributed by atoms with van der Waals surface area (Å²) >= 11 is 0. The molecule has 2 rings (SSSR count). The van der Waals surface area contributed by atoms with Gasteiger partial charge in [-0.2, -0.15) is 0 Å². The molecule has 0 spiro atoms. The van der Waals surface area contributed by atoms with E-state index < -0.39 is 11.8 Å². The molecule has 0 radical (unpaired) electrons. The van der Waals surface area contributed by atoms with Crippen molar-refractivity contribution in [1.82, 2.24) is 10.2 Å². The molecule has 1 heterocycles. The fourth-order valence-corrected chi connectivity index (χ4v) is 1.93. The van der Waals surface area contributed by atoms with E-state index in [2.05, 4.69) is 12.2 Å². The molecule has 1 aliphatic rings. The molecular weight excluding hydrogens is 256 g/mol. The number of amides is 3. The van der Waals surface area contributed by atoms with Gasteiger partial charge < -0.3 is 4.90 Å². The van der Waals surface area contributed by atoms with Crippen LogP contribution in [0.25, 0.3) is 6.08 Å². The van der Waals surface area contributed by atoms with Crippen LogP contribution in [0, 0.1) is 0 Å². The first-order chi connectivity index (χ1) is 9.58. The van der Waals surface area contributed by atoms with Gasteiger partial charge >= 0.3 is 0 Å². The molecule has 1 aliphatic heterocycles. The Labute approximate surface area is 117 Å². The van der Waals surface area contributed by atoms with Crippen LogP contribution in [0.2, 0.25) is 0 Å². The van der Waals surface area contributed by atoms with E-state index in [4.69, 9.17) is 0 Å². The van der Waals surface area contributed by atoms with Crippen molar-refractivity contribution in [3.05, 3.63) is 41.5 Å². The third-order valence-corrected chi connectivity index (χ3v) is 3.07. The maximum Gasteiger partial charge on any atom is 0.247 e. The molecule has 104 valence electrons. The van der Waals surface area contributed by atoms with Crippen LogP contribution in [0.4, 0.5) is 0 Å². The van der Waals surface area contributed by atoms with Crippen molar-refractivity contribution in [2.75, 3.05) is 13.1 Å². The van der Waals surface area contributed by atoms with E-state index in [-0.39, 0.29) is 19.0 Å². The minimum Gasteiger partial charge on any atom is -0.321 e. The number of hydrogen-bond donors (Lipinski definition) is 1. The van der Waals surface area contributed by atoms with Crippen molar-refractivity contribution in [3.8, 4) is 0 Å². The predicted molar refractivity (Wildman–Crippen MR) is 74.6 cm³/mol. The fourth-order valence-electron chi connectivity index (χ4n) is 1.93. The number of rotatable bonds is 3. The molecule has 0 unspecified atom stereocenters. The van der Waals surface area contributed by atoms with Gasteiger partial charge in [-0.1, -0.05) is 31.2 Å². The molecular formula is C15H16N2O3. The maximum absolute atomic E-state index is 11.9. The molecule has 0 atom stereocenters. The summed E-state index contributed by atoms with van der Waals surface area (Å²) < 4.78 is 0. The van der Waals surface area contributed by atoms with Gasteiger partial charge in [-0.15, -0.1) is 0 Å². The number of hydrogen-bond acceptors (Lipinski definition) is 3. The van der Waals surface area contributed by atoms with E-state index in [1.807, 2.05) is 24.3 Å². The number of carbonyl (C=O) groups excluding carboxylic acids is 3. The van der Waals surface area contributed by atoms with Crippen LogP contribution < -0.4 is 5.32 Å². The maximum atomic E-state index is 11.9. The molecule has 0 saturated carbocycles. The molecule has 1 aromatic rings. The van der Waals surface area contributed by atoms with Crippen LogP contribution >= 0.6 is 0 Å². The highest BCUT2D eigenvalue weighted by Crippen LogP contribution is 2.07. The standard InChI is InChI=1S/C15H16N2O3/c1-2-11-3-5-12(6-4-11)7-8-15(20)17-9-13(18)16-14(19)10-17/h3-8H,2,9-10H2,1H3,(H,16,18,19). The second kappa shape index (κ2) is 6.14. The number of benzene rings is 1. The van der Waals surface area contributed by atoms with Gasteiger partial charge in [0.2, 0.25) is 17.7 Å². The number of aryl methyl sites for hydroxylation is 1. The smallest absolute Gasteiger partial charge is 0.247 e. The Hall–Kier alpha value is -2.43.